The standard InChI is InChI=1S/C10H20N3O/c1-9(2)8-12-4-6-13(7-5-12)10(14)11-3/h4-8H2,1-3H3,(H,11,14). The minimum atomic E-state index is 0.0434. The van der Waals surface area contributed by atoms with E-state index < -0.39 is 0 Å². The summed E-state index contributed by atoms with van der Waals surface area (Å²) in [7, 11) is 1.68. The molecule has 0 aliphatic carbocycles. The van der Waals surface area contributed by atoms with Crippen molar-refractivity contribution in [1.29, 1.82) is 0 Å². The average molecular weight is 198 g/mol. The first-order chi connectivity index (χ1) is 6.63. The molecule has 0 aromatic carbocycles. The van der Waals surface area contributed by atoms with Gasteiger partial charge < -0.3 is 10.2 Å². The highest BCUT2D eigenvalue weighted by Gasteiger charge is 2.20. The van der Waals surface area contributed by atoms with Gasteiger partial charge in [0, 0.05) is 39.8 Å². The van der Waals surface area contributed by atoms with E-state index in [1.807, 2.05) is 4.90 Å². The maximum Gasteiger partial charge on any atom is 0.317 e. The van der Waals surface area contributed by atoms with Crippen LogP contribution in [0.15, 0.2) is 0 Å². The van der Waals surface area contributed by atoms with Crippen molar-refractivity contribution in [3.05, 3.63) is 5.92 Å². The maximum absolute atomic E-state index is 11.3. The molecule has 0 spiro atoms. The van der Waals surface area contributed by atoms with E-state index in [1.54, 1.807) is 7.05 Å². The van der Waals surface area contributed by atoms with Gasteiger partial charge in [0.1, 0.15) is 0 Å². The summed E-state index contributed by atoms with van der Waals surface area (Å²) in [6.07, 6.45) is 0. The Morgan fingerprint density at radius 1 is 1.21 bits per heavy atom. The number of urea groups is 1. The lowest BCUT2D eigenvalue weighted by molar-refractivity contribution is 0.143. The van der Waals surface area contributed by atoms with Crippen LogP contribution in [0, 0.1) is 5.92 Å². The number of carbonyl (C=O) groups excluding carboxylic acids is 1. The average Bonchev–Trinajstić information content (AvgIpc) is 2.17. The second-order valence-corrected chi connectivity index (χ2v) is 4.03. The highest BCUT2D eigenvalue weighted by atomic mass is 16.2. The van der Waals surface area contributed by atoms with Gasteiger partial charge in [-0.15, -0.1) is 0 Å². The lowest BCUT2D eigenvalue weighted by Crippen LogP contribution is -2.51. The summed E-state index contributed by atoms with van der Waals surface area (Å²) in [4.78, 5) is 15.5. The molecule has 0 bridgehead atoms. The fraction of sp³-hybridized carbons (Fsp3) is 0.800. The van der Waals surface area contributed by atoms with E-state index in [0.29, 0.717) is 0 Å². The first-order valence-electron chi connectivity index (χ1n) is 5.11. The zero-order chi connectivity index (χ0) is 10.6. The van der Waals surface area contributed by atoms with Crippen molar-refractivity contribution < 1.29 is 4.79 Å². The first-order valence-corrected chi connectivity index (χ1v) is 5.11. The molecule has 0 atom stereocenters. The number of nitrogens with zero attached hydrogens (tertiary/aromatic N) is 2. The van der Waals surface area contributed by atoms with Crippen LogP contribution in [0.25, 0.3) is 0 Å². The number of hydrogen-bond acceptors (Lipinski definition) is 2. The largest absolute Gasteiger partial charge is 0.341 e. The third-order valence-corrected chi connectivity index (χ3v) is 2.41. The van der Waals surface area contributed by atoms with Crippen molar-refractivity contribution in [3.8, 4) is 0 Å². The summed E-state index contributed by atoms with van der Waals surface area (Å²) < 4.78 is 0. The van der Waals surface area contributed by atoms with Crippen LogP contribution in [0.4, 0.5) is 4.79 Å². The lowest BCUT2D eigenvalue weighted by atomic mass is 10.2. The number of nitrogens with one attached hydrogen (secondary N) is 1. The van der Waals surface area contributed by atoms with Gasteiger partial charge in [0.15, 0.2) is 0 Å². The lowest BCUT2D eigenvalue weighted by Gasteiger charge is -2.35. The number of carbonyl (C=O) groups is 1. The summed E-state index contributed by atoms with van der Waals surface area (Å²) in [5.74, 6) is 1.43. The molecule has 1 N–H and O–H groups in total. The minimum absolute atomic E-state index is 0.0434. The Bertz CT molecular complexity index is 186. The van der Waals surface area contributed by atoms with Crippen LogP contribution in [0.1, 0.15) is 13.8 Å². The van der Waals surface area contributed by atoms with Crippen LogP contribution in [-0.2, 0) is 0 Å². The van der Waals surface area contributed by atoms with Crippen LogP contribution in [0.3, 0.4) is 0 Å². The Kier molecular flexibility index (Phi) is 4.20. The Hall–Kier alpha value is -0.770. The van der Waals surface area contributed by atoms with E-state index in [0.717, 1.165) is 32.7 Å². The minimum Gasteiger partial charge on any atom is -0.341 e. The smallest absolute Gasteiger partial charge is 0.317 e. The summed E-state index contributed by atoms with van der Waals surface area (Å²) in [6.45, 7) is 8.99. The van der Waals surface area contributed by atoms with Crippen molar-refractivity contribution in [3.63, 3.8) is 0 Å². The SMILES string of the molecule is CNC(=O)N1CCN(C[C](C)C)CC1. The molecular weight excluding hydrogens is 178 g/mol. The molecule has 1 aliphatic heterocycles. The van der Waals surface area contributed by atoms with E-state index >= 15 is 0 Å². The normalized spacial score (nSPS) is 18.7. The van der Waals surface area contributed by atoms with Crippen molar-refractivity contribution in [2.24, 2.45) is 0 Å². The summed E-state index contributed by atoms with van der Waals surface area (Å²) in [5.41, 5.74) is 0. The second kappa shape index (κ2) is 5.20. The van der Waals surface area contributed by atoms with E-state index in [-0.39, 0.29) is 6.03 Å². The Morgan fingerprint density at radius 2 is 1.79 bits per heavy atom. The summed E-state index contributed by atoms with van der Waals surface area (Å²) >= 11 is 0. The highest BCUT2D eigenvalue weighted by molar-refractivity contribution is 5.73. The Labute approximate surface area is 86.2 Å². The highest BCUT2D eigenvalue weighted by Crippen LogP contribution is 2.05. The van der Waals surface area contributed by atoms with Gasteiger partial charge in [-0.3, -0.25) is 4.90 Å². The topological polar surface area (TPSA) is 35.6 Å². The van der Waals surface area contributed by atoms with Gasteiger partial charge in [-0.25, -0.2) is 4.79 Å². The molecule has 1 aliphatic rings. The molecule has 4 nitrogen and oxygen atoms in total. The van der Waals surface area contributed by atoms with Gasteiger partial charge in [-0.1, -0.05) is 13.8 Å². The van der Waals surface area contributed by atoms with E-state index in [1.165, 1.54) is 5.92 Å². The predicted octanol–water partition coefficient (Wildman–Crippen LogP) is 0.558. The molecule has 1 saturated heterocycles. The van der Waals surface area contributed by atoms with E-state index in [2.05, 4.69) is 24.1 Å². The van der Waals surface area contributed by atoms with Crippen LogP contribution >= 0.6 is 0 Å². The fourth-order valence-electron chi connectivity index (χ4n) is 1.71. The Morgan fingerprint density at radius 3 is 2.21 bits per heavy atom. The summed E-state index contributed by atoms with van der Waals surface area (Å²) in [5, 5.41) is 2.65. The Balaban J connectivity index is 2.27. The number of piperazine rings is 1. The van der Waals surface area contributed by atoms with E-state index in [9.17, 15) is 4.79 Å². The van der Waals surface area contributed by atoms with E-state index in [4.69, 9.17) is 0 Å². The van der Waals surface area contributed by atoms with Crippen molar-refractivity contribution in [1.82, 2.24) is 15.1 Å². The molecule has 1 heterocycles. The monoisotopic (exact) mass is 198 g/mol. The van der Waals surface area contributed by atoms with Crippen molar-refractivity contribution in [2.75, 3.05) is 39.8 Å². The predicted molar refractivity (Wildman–Crippen MR) is 57.1 cm³/mol. The fourth-order valence-corrected chi connectivity index (χ4v) is 1.71. The van der Waals surface area contributed by atoms with Crippen LogP contribution in [-0.4, -0.2) is 55.6 Å². The molecule has 81 valence electrons. The van der Waals surface area contributed by atoms with Gasteiger partial charge >= 0.3 is 6.03 Å². The second-order valence-electron chi connectivity index (χ2n) is 4.03. The van der Waals surface area contributed by atoms with Gasteiger partial charge in [0.2, 0.25) is 0 Å². The van der Waals surface area contributed by atoms with Gasteiger partial charge in [-0.05, 0) is 5.92 Å². The zero-order valence-corrected chi connectivity index (χ0v) is 9.34. The first kappa shape index (κ1) is 11.3. The molecule has 2 amide bonds. The molecule has 0 saturated carbocycles. The zero-order valence-electron chi connectivity index (χ0n) is 9.34. The molecule has 1 fully saturated rings. The maximum atomic E-state index is 11.3. The van der Waals surface area contributed by atoms with Gasteiger partial charge in [-0.2, -0.15) is 0 Å². The molecule has 4 heteroatoms. The van der Waals surface area contributed by atoms with Crippen LogP contribution in [0.5, 0.6) is 0 Å². The van der Waals surface area contributed by atoms with Crippen LogP contribution < -0.4 is 5.32 Å². The molecule has 0 aromatic rings. The molecule has 14 heavy (non-hydrogen) atoms. The molecule has 0 unspecified atom stereocenters. The third-order valence-electron chi connectivity index (χ3n) is 2.41. The van der Waals surface area contributed by atoms with Crippen LogP contribution in [0.2, 0.25) is 0 Å². The van der Waals surface area contributed by atoms with Crippen molar-refractivity contribution in [2.45, 2.75) is 13.8 Å². The van der Waals surface area contributed by atoms with Gasteiger partial charge in [0.05, 0.1) is 0 Å². The van der Waals surface area contributed by atoms with Gasteiger partial charge in [0.25, 0.3) is 0 Å². The number of hydrogen-bond donors (Lipinski definition) is 1. The quantitative estimate of drug-likeness (QED) is 0.703. The third kappa shape index (κ3) is 3.18. The number of rotatable bonds is 2. The molecule has 1 radical (unpaired) electrons. The number of amides is 2. The van der Waals surface area contributed by atoms with Crippen molar-refractivity contribution >= 4 is 6.03 Å². The summed E-state index contributed by atoms with van der Waals surface area (Å²) in [6, 6.07) is 0.0434. The molecule has 1 rings (SSSR count). The molecular formula is C10H20N3O. The molecule has 0 aromatic heterocycles.